The number of aromatic nitrogens is 2. The van der Waals surface area contributed by atoms with Crippen molar-refractivity contribution in [3.8, 4) is 0 Å². The standard InChI is InChI=1S/C12H15N3O3S/c1-3-9(11(17)18)14-10(16)4-8-6-19-12-13-7(2)5-15(8)12/h5-6,9H,3-4H2,1-2H3,(H,14,16)(H,17,18). The van der Waals surface area contributed by atoms with Crippen molar-refractivity contribution in [1.82, 2.24) is 14.7 Å². The fourth-order valence-corrected chi connectivity index (χ4v) is 2.74. The van der Waals surface area contributed by atoms with Gasteiger partial charge in [0.1, 0.15) is 6.04 Å². The van der Waals surface area contributed by atoms with E-state index >= 15 is 0 Å². The molecule has 0 aliphatic rings. The molecule has 2 rings (SSSR count). The highest BCUT2D eigenvalue weighted by atomic mass is 32.1. The molecule has 0 fully saturated rings. The van der Waals surface area contributed by atoms with Gasteiger partial charge in [0.05, 0.1) is 12.1 Å². The second-order valence-electron chi connectivity index (χ2n) is 4.31. The maximum atomic E-state index is 11.8. The number of hydrogen-bond acceptors (Lipinski definition) is 4. The number of amides is 1. The summed E-state index contributed by atoms with van der Waals surface area (Å²) < 4.78 is 1.86. The molecule has 0 bridgehead atoms. The van der Waals surface area contributed by atoms with Crippen LogP contribution >= 0.6 is 11.3 Å². The van der Waals surface area contributed by atoms with Crippen LogP contribution < -0.4 is 5.32 Å². The summed E-state index contributed by atoms with van der Waals surface area (Å²) in [7, 11) is 0. The molecule has 0 aromatic carbocycles. The van der Waals surface area contributed by atoms with Gasteiger partial charge in [0, 0.05) is 17.3 Å². The number of nitrogens with zero attached hydrogens (tertiary/aromatic N) is 2. The quantitative estimate of drug-likeness (QED) is 0.863. The first kappa shape index (κ1) is 13.5. The molecule has 0 saturated carbocycles. The number of carboxylic acids is 1. The zero-order chi connectivity index (χ0) is 14.0. The molecular formula is C12H15N3O3S. The van der Waals surface area contributed by atoms with Crippen molar-refractivity contribution < 1.29 is 14.7 Å². The van der Waals surface area contributed by atoms with Crippen molar-refractivity contribution in [2.24, 2.45) is 0 Å². The van der Waals surface area contributed by atoms with Crippen LogP contribution in [0.15, 0.2) is 11.6 Å². The number of hydrogen-bond donors (Lipinski definition) is 2. The molecule has 2 heterocycles. The highest BCUT2D eigenvalue weighted by Crippen LogP contribution is 2.16. The topological polar surface area (TPSA) is 83.7 Å². The summed E-state index contributed by atoms with van der Waals surface area (Å²) >= 11 is 1.46. The SMILES string of the molecule is CCC(NC(=O)Cc1csc2nc(C)cn12)C(=O)O. The summed E-state index contributed by atoms with van der Waals surface area (Å²) in [5, 5.41) is 13.3. The third-order valence-corrected chi connectivity index (χ3v) is 3.68. The Labute approximate surface area is 114 Å². The number of nitrogens with one attached hydrogen (secondary N) is 1. The molecule has 0 spiro atoms. The minimum Gasteiger partial charge on any atom is -0.480 e. The number of carboxylic acid groups (broad SMARTS) is 1. The Bertz CT molecular complexity index is 617. The predicted molar refractivity (Wildman–Crippen MR) is 71.4 cm³/mol. The molecule has 2 aromatic rings. The molecule has 2 N–H and O–H groups in total. The van der Waals surface area contributed by atoms with E-state index in [0.29, 0.717) is 6.42 Å². The fraction of sp³-hybridized carbons (Fsp3) is 0.417. The van der Waals surface area contributed by atoms with Gasteiger partial charge in [-0.05, 0) is 13.3 Å². The molecule has 1 unspecified atom stereocenters. The summed E-state index contributed by atoms with van der Waals surface area (Å²) in [6.07, 6.45) is 2.38. The Morgan fingerprint density at radius 2 is 2.32 bits per heavy atom. The first-order valence-electron chi connectivity index (χ1n) is 5.95. The number of carbonyl (C=O) groups is 2. The smallest absolute Gasteiger partial charge is 0.326 e. The first-order chi connectivity index (χ1) is 9.01. The van der Waals surface area contributed by atoms with Crippen molar-refractivity contribution in [1.29, 1.82) is 0 Å². The van der Waals surface area contributed by atoms with Gasteiger partial charge in [0.25, 0.3) is 0 Å². The molecule has 19 heavy (non-hydrogen) atoms. The van der Waals surface area contributed by atoms with Crippen molar-refractivity contribution in [2.45, 2.75) is 32.7 Å². The first-order valence-corrected chi connectivity index (χ1v) is 6.83. The van der Waals surface area contributed by atoms with Gasteiger partial charge in [-0.25, -0.2) is 9.78 Å². The molecule has 6 nitrogen and oxygen atoms in total. The second kappa shape index (κ2) is 5.40. The predicted octanol–water partition coefficient (Wildman–Crippen LogP) is 1.23. The van der Waals surface area contributed by atoms with Crippen LogP contribution in [0, 0.1) is 6.92 Å². The average Bonchev–Trinajstić information content (AvgIpc) is 2.86. The van der Waals surface area contributed by atoms with Gasteiger partial charge in [-0.3, -0.25) is 9.20 Å². The largest absolute Gasteiger partial charge is 0.480 e. The van der Waals surface area contributed by atoms with Crippen LogP contribution in [0.1, 0.15) is 24.7 Å². The van der Waals surface area contributed by atoms with Crippen molar-refractivity contribution >= 4 is 28.2 Å². The number of thiazole rings is 1. The lowest BCUT2D eigenvalue weighted by molar-refractivity contribution is -0.141. The van der Waals surface area contributed by atoms with Crippen molar-refractivity contribution in [3.63, 3.8) is 0 Å². The van der Waals surface area contributed by atoms with E-state index in [1.807, 2.05) is 22.9 Å². The summed E-state index contributed by atoms with van der Waals surface area (Å²) in [5.41, 5.74) is 1.71. The molecule has 7 heteroatoms. The van der Waals surface area contributed by atoms with Crippen LogP contribution in [0.3, 0.4) is 0 Å². The molecule has 1 atom stereocenters. The molecule has 1 amide bonds. The van der Waals surface area contributed by atoms with E-state index in [4.69, 9.17) is 5.11 Å². The lowest BCUT2D eigenvalue weighted by Gasteiger charge is -2.11. The van der Waals surface area contributed by atoms with Gasteiger partial charge in [-0.1, -0.05) is 6.92 Å². The van der Waals surface area contributed by atoms with E-state index in [0.717, 1.165) is 16.3 Å². The maximum Gasteiger partial charge on any atom is 0.326 e. The number of imidazole rings is 1. The summed E-state index contributed by atoms with van der Waals surface area (Å²) in [4.78, 5) is 27.8. The van der Waals surface area contributed by atoms with Crippen LogP contribution in [-0.4, -0.2) is 32.4 Å². The Morgan fingerprint density at radius 1 is 1.58 bits per heavy atom. The lowest BCUT2D eigenvalue weighted by Crippen LogP contribution is -2.41. The number of aliphatic carboxylic acids is 1. The zero-order valence-corrected chi connectivity index (χ0v) is 11.5. The number of aryl methyl sites for hydroxylation is 1. The third-order valence-electron chi connectivity index (χ3n) is 2.79. The molecule has 0 aliphatic heterocycles. The maximum absolute atomic E-state index is 11.8. The van der Waals surface area contributed by atoms with Gasteiger partial charge < -0.3 is 10.4 Å². The zero-order valence-electron chi connectivity index (χ0n) is 10.7. The summed E-state index contributed by atoms with van der Waals surface area (Å²) in [5.74, 6) is -1.30. The number of carbonyl (C=O) groups excluding carboxylic acids is 1. The Morgan fingerprint density at radius 3 is 2.95 bits per heavy atom. The van der Waals surface area contributed by atoms with E-state index in [1.165, 1.54) is 11.3 Å². The molecule has 0 saturated heterocycles. The lowest BCUT2D eigenvalue weighted by atomic mass is 10.2. The molecule has 0 aliphatic carbocycles. The molecule has 102 valence electrons. The van der Waals surface area contributed by atoms with Crippen LogP contribution in [0.25, 0.3) is 4.96 Å². The average molecular weight is 281 g/mol. The monoisotopic (exact) mass is 281 g/mol. The van der Waals surface area contributed by atoms with Crippen LogP contribution in [-0.2, 0) is 16.0 Å². The fourth-order valence-electron chi connectivity index (χ4n) is 1.82. The van der Waals surface area contributed by atoms with Crippen molar-refractivity contribution in [2.75, 3.05) is 0 Å². The van der Waals surface area contributed by atoms with E-state index < -0.39 is 12.0 Å². The highest BCUT2D eigenvalue weighted by molar-refractivity contribution is 7.15. The van der Waals surface area contributed by atoms with Gasteiger partial charge in [-0.15, -0.1) is 11.3 Å². The van der Waals surface area contributed by atoms with E-state index in [2.05, 4.69) is 10.3 Å². The van der Waals surface area contributed by atoms with Gasteiger partial charge in [0.2, 0.25) is 5.91 Å². The summed E-state index contributed by atoms with van der Waals surface area (Å²) in [6, 6.07) is -0.828. The second-order valence-corrected chi connectivity index (χ2v) is 5.14. The van der Waals surface area contributed by atoms with Crippen LogP contribution in [0.4, 0.5) is 0 Å². The Hall–Kier alpha value is -1.89. The van der Waals surface area contributed by atoms with Gasteiger partial charge >= 0.3 is 5.97 Å². The third kappa shape index (κ3) is 2.93. The minimum atomic E-state index is -1.01. The van der Waals surface area contributed by atoms with Gasteiger partial charge in [-0.2, -0.15) is 0 Å². The highest BCUT2D eigenvalue weighted by Gasteiger charge is 2.18. The minimum absolute atomic E-state index is 0.152. The van der Waals surface area contributed by atoms with E-state index in [1.54, 1.807) is 6.92 Å². The Kier molecular flexibility index (Phi) is 3.84. The van der Waals surface area contributed by atoms with E-state index in [-0.39, 0.29) is 12.3 Å². The van der Waals surface area contributed by atoms with Gasteiger partial charge in [0.15, 0.2) is 4.96 Å². The molecule has 0 radical (unpaired) electrons. The molecular weight excluding hydrogens is 266 g/mol. The van der Waals surface area contributed by atoms with E-state index in [9.17, 15) is 9.59 Å². The normalized spacial score (nSPS) is 12.5. The Balaban J connectivity index is 2.08. The molecule has 2 aromatic heterocycles. The number of rotatable bonds is 5. The van der Waals surface area contributed by atoms with Crippen molar-refractivity contribution in [3.05, 3.63) is 23.0 Å². The number of fused-ring (bicyclic) bond motifs is 1. The van der Waals surface area contributed by atoms with Crippen LogP contribution in [0.5, 0.6) is 0 Å². The van der Waals surface area contributed by atoms with Crippen LogP contribution in [0.2, 0.25) is 0 Å². The summed E-state index contributed by atoms with van der Waals surface area (Å²) in [6.45, 7) is 3.61.